The summed E-state index contributed by atoms with van der Waals surface area (Å²) in [6.07, 6.45) is -3.63. The van der Waals surface area contributed by atoms with E-state index in [1.807, 2.05) is 4.90 Å². The summed E-state index contributed by atoms with van der Waals surface area (Å²) in [5.41, 5.74) is 0.831. The predicted molar refractivity (Wildman–Crippen MR) is 115 cm³/mol. The molecule has 1 saturated heterocycles. The number of piperazine rings is 1. The van der Waals surface area contributed by atoms with Gasteiger partial charge in [0.15, 0.2) is 0 Å². The van der Waals surface area contributed by atoms with Crippen LogP contribution in [0.1, 0.15) is 27.9 Å². The zero-order valence-corrected chi connectivity index (χ0v) is 17.7. The molecular weight excluding hydrogens is 425 g/mol. The summed E-state index contributed by atoms with van der Waals surface area (Å²) in [5, 5.41) is 13.6. The van der Waals surface area contributed by atoms with Crippen molar-refractivity contribution in [3.8, 4) is 0 Å². The topological polar surface area (TPSA) is 78.7 Å². The Balaban J connectivity index is 1.41. The maximum absolute atomic E-state index is 12.9. The van der Waals surface area contributed by atoms with E-state index in [4.69, 9.17) is 0 Å². The molecule has 0 spiro atoms. The summed E-state index contributed by atoms with van der Waals surface area (Å²) in [5.74, 6) is -0.272. The van der Waals surface area contributed by atoms with Gasteiger partial charge in [-0.05, 0) is 49.7 Å². The van der Waals surface area contributed by atoms with Gasteiger partial charge in [0.05, 0.1) is 10.5 Å². The van der Waals surface area contributed by atoms with Crippen LogP contribution in [0.25, 0.3) is 0 Å². The molecule has 0 saturated carbocycles. The summed E-state index contributed by atoms with van der Waals surface area (Å²) in [6, 6.07) is 9.53. The van der Waals surface area contributed by atoms with Crippen molar-refractivity contribution >= 4 is 17.3 Å². The first-order valence-corrected chi connectivity index (χ1v) is 10.3. The number of rotatable bonds is 7. The molecule has 2 aromatic rings. The molecule has 32 heavy (non-hydrogen) atoms. The first-order valence-electron chi connectivity index (χ1n) is 10.3. The van der Waals surface area contributed by atoms with Crippen LogP contribution in [-0.4, -0.2) is 55.0 Å². The number of alkyl halides is 3. The third-order valence-corrected chi connectivity index (χ3v) is 5.51. The predicted octanol–water partition coefficient (Wildman–Crippen LogP) is 3.86. The van der Waals surface area contributed by atoms with Crippen molar-refractivity contribution in [1.29, 1.82) is 0 Å². The van der Waals surface area contributed by atoms with E-state index in [2.05, 4.69) is 10.2 Å². The molecule has 0 atom stereocenters. The molecule has 172 valence electrons. The molecule has 0 aromatic heterocycles. The van der Waals surface area contributed by atoms with Crippen LogP contribution in [0.2, 0.25) is 0 Å². The highest BCUT2D eigenvalue weighted by molar-refractivity contribution is 5.95. The highest BCUT2D eigenvalue weighted by Gasteiger charge is 2.31. The number of hydrogen-bond acceptors (Lipinski definition) is 5. The number of nitrogens with zero attached hydrogens (tertiary/aromatic N) is 3. The molecule has 2 aromatic carbocycles. The minimum atomic E-state index is -4.35. The summed E-state index contributed by atoms with van der Waals surface area (Å²) in [6.45, 7) is 5.60. The van der Waals surface area contributed by atoms with Crippen LogP contribution in [-0.2, 0) is 6.18 Å². The third-order valence-electron chi connectivity index (χ3n) is 5.51. The number of aryl methyl sites for hydroxylation is 1. The minimum absolute atomic E-state index is 0.0525. The number of nitro groups is 1. The van der Waals surface area contributed by atoms with Gasteiger partial charge in [-0.2, -0.15) is 13.2 Å². The molecule has 10 heteroatoms. The highest BCUT2D eigenvalue weighted by atomic mass is 19.4. The van der Waals surface area contributed by atoms with Gasteiger partial charge in [-0.1, -0.05) is 6.07 Å². The number of anilines is 1. The van der Waals surface area contributed by atoms with Gasteiger partial charge in [-0.25, -0.2) is 0 Å². The molecule has 1 aliphatic heterocycles. The van der Waals surface area contributed by atoms with Gasteiger partial charge in [0.2, 0.25) is 0 Å². The molecule has 1 aliphatic rings. The number of amides is 1. The minimum Gasteiger partial charge on any atom is -0.369 e. The Morgan fingerprint density at radius 2 is 1.84 bits per heavy atom. The second-order valence-corrected chi connectivity index (χ2v) is 7.74. The second kappa shape index (κ2) is 9.99. The SMILES string of the molecule is Cc1cc([N+](=O)[O-])ccc1C(=O)NCCCN1CCN(c2cccc(C(F)(F)F)c2)CC1. The van der Waals surface area contributed by atoms with E-state index < -0.39 is 16.7 Å². The monoisotopic (exact) mass is 450 g/mol. The molecular formula is C22H25F3N4O3. The molecule has 7 nitrogen and oxygen atoms in total. The smallest absolute Gasteiger partial charge is 0.369 e. The Labute approximate surface area is 184 Å². The third kappa shape index (κ3) is 5.97. The normalized spacial score (nSPS) is 14.9. The largest absolute Gasteiger partial charge is 0.416 e. The van der Waals surface area contributed by atoms with Gasteiger partial charge < -0.3 is 10.2 Å². The van der Waals surface area contributed by atoms with E-state index in [1.54, 1.807) is 13.0 Å². The van der Waals surface area contributed by atoms with Crippen molar-refractivity contribution in [2.45, 2.75) is 19.5 Å². The first kappa shape index (κ1) is 23.5. The Morgan fingerprint density at radius 1 is 1.12 bits per heavy atom. The molecule has 0 bridgehead atoms. The van der Waals surface area contributed by atoms with Crippen LogP contribution in [0.4, 0.5) is 24.5 Å². The number of nitrogens with one attached hydrogen (secondary N) is 1. The fraction of sp³-hybridized carbons (Fsp3) is 0.409. The number of carbonyl (C=O) groups excluding carboxylic acids is 1. The lowest BCUT2D eigenvalue weighted by molar-refractivity contribution is -0.384. The van der Waals surface area contributed by atoms with E-state index in [-0.39, 0.29) is 11.6 Å². The number of non-ortho nitro benzene ring substituents is 1. The molecule has 0 aliphatic carbocycles. The van der Waals surface area contributed by atoms with Crippen molar-refractivity contribution in [2.75, 3.05) is 44.2 Å². The zero-order chi connectivity index (χ0) is 23.3. The van der Waals surface area contributed by atoms with E-state index >= 15 is 0 Å². The lowest BCUT2D eigenvalue weighted by Gasteiger charge is -2.36. The van der Waals surface area contributed by atoms with Crippen molar-refractivity contribution in [3.63, 3.8) is 0 Å². The van der Waals surface area contributed by atoms with Gasteiger partial charge >= 0.3 is 6.18 Å². The van der Waals surface area contributed by atoms with Crippen LogP contribution in [0.3, 0.4) is 0 Å². The summed E-state index contributed by atoms with van der Waals surface area (Å²) in [7, 11) is 0. The Hall–Kier alpha value is -3.14. The molecule has 3 rings (SSSR count). The fourth-order valence-electron chi connectivity index (χ4n) is 3.72. The average Bonchev–Trinajstić information content (AvgIpc) is 2.76. The van der Waals surface area contributed by atoms with Crippen molar-refractivity contribution < 1.29 is 22.9 Å². The van der Waals surface area contributed by atoms with E-state index in [1.165, 1.54) is 30.3 Å². The van der Waals surface area contributed by atoms with E-state index in [0.717, 1.165) is 32.1 Å². The van der Waals surface area contributed by atoms with Crippen molar-refractivity contribution in [1.82, 2.24) is 10.2 Å². The van der Waals surface area contributed by atoms with Gasteiger partial charge in [0, 0.05) is 56.1 Å². The van der Waals surface area contributed by atoms with Crippen LogP contribution in [0.5, 0.6) is 0 Å². The van der Waals surface area contributed by atoms with Crippen LogP contribution >= 0.6 is 0 Å². The van der Waals surface area contributed by atoms with Crippen molar-refractivity contribution in [2.24, 2.45) is 0 Å². The van der Waals surface area contributed by atoms with Gasteiger partial charge in [0.1, 0.15) is 0 Å². The summed E-state index contributed by atoms with van der Waals surface area (Å²) < 4.78 is 38.8. The van der Waals surface area contributed by atoms with E-state index in [9.17, 15) is 28.1 Å². The van der Waals surface area contributed by atoms with Gasteiger partial charge in [-0.15, -0.1) is 0 Å². The summed E-state index contributed by atoms with van der Waals surface area (Å²) >= 11 is 0. The lowest BCUT2D eigenvalue weighted by Crippen LogP contribution is -2.47. The molecule has 1 fully saturated rings. The maximum Gasteiger partial charge on any atom is 0.416 e. The van der Waals surface area contributed by atoms with Crippen molar-refractivity contribution in [3.05, 3.63) is 69.3 Å². The van der Waals surface area contributed by atoms with E-state index in [0.29, 0.717) is 36.4 Å². The van der Waals surface area contributed by atoms with Gasteiger partial charge in [-0.3, -0.25) is 19.8 Å². The quantitative estimate of drug-likeness (QED) is 0.394. The van der Waals surface area contributed by atoms with Crippen LogP contribution in [0.15, 0.2) is 42.5 Å². The highest BCUT2D eigenvalue weighted by Crippen LogP contribution is 2.31. The Kier molecular flexibility index (Phi) is 7.34. The average molecular weight is 450 g/mol. The van der Waals surface area contributed by atoms with Gasteiger partial charge in [0.25, 0.3) is 11.6 Å². The van der Waals surface area contributed by atoms with Crippen LogP contribution in [0, 0.1) is 17.0 Å². The number of nitro benzene ring substituents is 1. The molecule has 1 amide bonds. The molecule has 0 unspecified atom stereocenters. The fourth-order valence-corrected chi connectivity index (χ4v) is 3.72. The standard InChI is InChI=1S/C22H25F3N4O3/c1-16-14-19(29(31)32)6-7-20(16)21(30)26-8-3-9-27-10-12-28(13-11-27)18-5-2-4-17(15-18)22(23,24)25/h2,4-7,14-15H,3,8-13H2,1H3,(H,26,30). The Bertz CT molecular complexity index is 973. The number of benzene rings is 2. The molecule has 0 radical (unpaired) electrons. The lowest BCUT2D eigenvalue weighted by atomic mass is 10.1. The zero-order valence-electron chi connectivity index (χ0n) is 17.7. The molecule has 1 heterocycles. The number of hydrogen-bond donors (Lipinski definition) is 1. The Morgan fingerprint density at radius 3 is 2.47 bits per heavy atom. The second-order valence-electron chi connectivity index (χ2n) is 7.74. The maximum atomic E-state index is 12.9. The van der Waals surface area contributed by atoms with Crippen LogP contribution < -0.4 is 10.2 Å². The first-order chi connectivity index (χ1) is 15.1. The summed E-state index contributed by atoms with van der Waals surface area (Å²) in [4.78, 5) is 26.8. The number of halogens is 3. The number of carbonyl (C=O) groups is 1. The molecule has 1 N–H and O–H groups in total.